The molecule has 0 aliphatic carbocycles. The fourth-order valence-electron chi connectivity index (χ4n) is 1.67. The van der Waals surface area contributed by atoms with E-state index in [2.05, 4.69) is 11.3 Å². The average Bonchev–Trinajstić information content (AvgIpc) is 2.45. The summed E-state index contributed by atoms with van der Waals surface area (Å²) in [4.78, 5) is 22.3. The summed E-state index contributed by atoms with van der Waals surface area (Å²) in [6, 6.07) is 0. The molecule has 5 atom stereocenters. The minimum absolute atomic E-state index is 0.205. The smallest absolute Gasteiger partial charge is 0.311 e. The summed E-state index contributed by atoms with van der Waals surface area (Å²) in [6.07, 6.45) is -7.21. The van der Waals surface area contributed by atoms with Crippen LogP contribution in [0.2, 0.25) is 0 Å². The highest BCUT2D eigenvalue weighted by Gasteiger charge is 2.43. The monoisotopic (exact) mass is 306 g/mol. The van der Waals surface area contributed by atoms with Crippen LogP contribution in [0.5, 0.6) is 0 Å². The number of hydrogen-bond donors (Lipinski definition) is 4. The Morgan fingerprint density at radius 2 is 1.67 bits per heavy atom. The van der Waals surface area contributed by atoms with E-state index in [-0.39, 0.29) is 12.8 Å². The van der Waals surface area contributed by atoms with Gasteiger partial charge in [-0.3, -0.25) is 9.59 Å². The van der Waals surface area contributed by atoms with Crippen molar-refractivity contribution in [1.29, 1.82) is 0 Å². The first-order chi connectivity index (χ1) is 9.86. The number of carbonyl (C=O) groups is 2. The zero-order valence-corrected chi connectivity index (χ0v) is 11.1. The number of esters is 2. The SMILES string of the molecule is C=COC(=O)CCC(=O)OC[C@H]1OC(O)[C@@H](O)[C@@H](O)[C@@H]1O. The second-order valence-corrected chi connectivity index (χ2v) is 4.38. The molecule has 0 aromatic carbocycles. The van der Waals surface area contributed by atoms with Crippen LogP contribution in [0.25, 0.3) is 0 Å². The zero-order chi connectivity index (χ0) is 16.0. The third-order valence-electron chi connectivity index (χ3n) is 2.84. The van der Waals surface area contributed by atoms with Crippen molar-refractivity contribution in [2.75, 3.05) is 6.61 Å². The average molecular weight is 306 g/mol. The Hall–Kier alpha value is -1.52. The molecule has 0 amide bonds. The lowest BCUT2D eigenvalue weighted by Crippen LogP contribution is -2.58. The van der Waals surface area contributed by atoms with Gasteiger partial charge in [-0.25, -0.2) is 0 Å². The molecule has 1 aliphatic heterocycles. The summed E-state index contributed by atoms with van der Waals surface area (Å²) in [6.45, 7) is 2.74. The van der Waals surface area contributed by atoms with Crippen LogP contribution in [0.4, 0.5) is 0 Å². The maximum atomic E-state index is 11.4. The van der Waals surface area contributed by atoms with Crippen LogP contribution < -0.4 is 0 Å². The van der Waals surface area contributed by atoms with Gasteiger partial charge in [0.1, 0.15) is 31.0 Å². The van der Waals surface area contributed by atoms with Gasteiger partial charge in [-0.15, -0.1) is 0 Å². The number of aliphatic hydroxyl groups excluding tert-OH is 4. The van der Waals surface area contributed by atoms with Gasteiger partial charge in [-0.1, -0.05) is 6.58 Å². The molecule has 120 valence electrons. The molecule has 0 aromatic rings. The fraction of sp³-hybridized carbons (Fsp3) is 0.667. The molecule has 1 saturated heterocycles. The fourth-order valence-corrected chi connectivity index (χ4v) is 1.67. The van der Waals surface area contributed by atoms with Gasteiger partial charge in [0.15, 0.2) is 6.29 Å². The highest BCUT2D eigenvalue weighted by Crippen LogP contribution is 2.20. The first-order valence-corrected chi connectivity index (χ1v) is 6.20. The van der Waals surface area contributed by atoms with E-state index < -0.39 is 49.3 Å². The van der Waals surface area contributed by atoms with E-state index in [9.17, 15) is 30.0 Å². The molecule has 0 saturated carbocycles. The van der Waals surface area contributed by atoms with E-state index in [1.165, 1.54) is 0 Å². The van der Waals surface area contributed by atoms with E-state index in [4.69, 9.17) is 9.47 Å². The van der Waals surface area contributed by atoms with E-state index in [0.29, 0.717) is 0 Å². The van der Waals surface area contributed by atoms with Gasteiger partial charge >= 0.3 is 11.9 Å². The number of aliphatic hydroxyl groups is 4. The quantitative estimate of drug-likeness (QED) is 0.317. The third-order valence-corrected chi connectivity index (χ3v) is 2.84. The van der Waals surface area contributed by atoms with E-state index in [0.717, 1.165) is 6.26 Å². The molecule has 1 rings (SSSR count). The lowest BCUT2D eigenvalue weighted by atomic mass is 9.99. The van der Waals surface area contributed by atoms with Crippen molar-refractivity contribution in [2.24, 2.45) is 0 Å². The number of ether oxygens (including phenoxy) is 3. The van der Waals surface area contributed by atoms with Gasteiger partial charge in [0, 0.05) is 0 Å². The van der Waals surface area contributed by atoms with E-state index >= 15 is 0 Å². The second-order valence-electron chi connectivity index (χ2n) is 4.38. The molecule has 1 unspecified atom stereocenters. The van der Waals surface area contributed by atoms with Gasteiger partial charge in [0.05, 0.1) is 19.1 Å². The summed E-state index contributed by atoms with van der Waals surface area (Å²) in [7, 11) is 0. The van der Waals surface area contributed by atoms with E-state index in [1.807, 2.05) is 0 Å². The first-order valence-electron chi connectivity index (χ1n) is 6.20. The van der Waals surface area contributed by atoms with Crippen molar-refractivity contribution in [3.05, 3.63) is 12.8 Å². The van der Waals surface area contributed by atoms with Crippen LogP contribution in [0.15, 0.2) is 12.8 Å². The first kappa shape index (κ1) is 17.5. The lowest BCUT2D eigenvalue weighted by molar-refractivity contribution is -0.287. The summed E-state index contributed by atoms with van der Waals surface area (Å²) >= 11 is 0. The summed E-state index contributed by atoms with van der Waals surface area (Å²) in [5.74, 6) is -1.40. The minimum atomic E-state index is -1.70. The third kappa shape index (κ3) is 5.06. The topological polar surface area (TPSA) is 143 Å². The van der Waals surface area contributed by atoms with E-state index in [1.54, 1.807) is 0 Å². The van der Waals surface area contributed by atoms with Crippen molar-refractivity contribution in [2.45, 2.75) is 43.5 Å². The van der Waals surface area contributed by atoms with Gasteiger partial charge in [-0.05, 0) is 0 Å². The number of carbonyl (C=O) groups excluding carboxylic acids is 2. The van der Waals surface area contributed by atoms with Gasteiger partial charge in [0.2, 0.25) is 0 Å². The molecular weight excluding hydrogens is 288 g/mol. The van der Waals surface area contributed by atoms with Crippen molar-refractivity contribution >= 4 is 11.9 Å². The van der Waals surface area contributed by atoms with Crippen molar-refractivity contribution in [3.63, 3.8) is 0 Å². The van der Waals surface area contributed by atoms with Crippen molar-refractivity contribution in [3.8, 4) is 0 Å². The second kappa shape index (κ2) is 8.05. The molecule has 0 radical (unpaired) electrons. The molecule has 9 heteroatoms. The molecule has 0 aromatic heterocycles. The molecule has 1 heterocycles. The Balaban J connectivity index is 2.35. The Bertz CT molecular complexity index is 383. The molecule has 0 bridgehead atoms. The standard InChI is InChI=1S/C12H18O9/c1-2-19-7(13)3-4-8(14)20-5-6-9(15)10(16)11(17)12(18)21-6/h2,6,9-12,15-18H,1,3-5H2/t6-,9-,10+,11+,12?/m1/s1. The Kier molecular flexibility index (Phi) is 6.72. The zero-order valence-electron chi connectivity index (χ0n) is 11.1. The predicted octanol–water partition coefficient (Wildman–Crippen LogP) is -2.20. The highest BCUT2D eigenvalue weighted by molar-refractivity contribution is 5.77. The summed E-state index contributed by atoms with van der Waals surface area (Å²) in [5.41, 5.74) is 0. The van der Waals surface area contributed by atoms with Gasteiger partial charge in [0.25, 0.3) is 0 Å². The molecular formula is C12H18O9. The number of hydrogen-bond acceptors (Lipinski definition) is 9. The van der Waals surface area contributed by atoms with Crippen LogP contribution >= 0.6 is 0 Å². The molecule has 0 spiro atoms. The predicted molar refractivity (Wildman–Crippen MR) is 65.4 cm³/mol. The maximum Gasteiger partial charge on any atom is 0.311 e. The van der Waals surface area contributed by atoms with Gasteiger partial charge < -0.3 is 34.6 Å². The van der Waals surface area contributed by atoms with Crippen LogP contribution in [0.3, 0.4) is 0 Å². The molecule has 9 nitrogen and oxygen atoms in total. The number of rotatable bonds is 6. The molecule has 1 fully saturated rings. The summed E-state index contributed by atoms with van der Waals surface area (Å²) in [5, 5.41) is 37.6. The lowest BCUT2D eigenvalue weighted by Gasteiger charge is -2.37. The summed E-state index contributed by atoms with van der Waals surface area (Å²) < 4.78 is 14.0. The van der Waals surface area contributed by atoms with Crippen molar-refractivity contribution in [1.82, 2.24) is 0 Å². The van der Waals surface area contributed by atoms with Crippen LogP contribution in [-0.2, 0) is 23.8 Å². The largest absolute Gasteiger partial charge is 0.463 e. The Morgan fingerprint density at radius 1 is 1.05 bits per heavy atom. The van der Waals surface area contributed by atoms with Crippen LogP contribution in [0, 0.1) is 0 Å². The Morgan fingerprint density at radius 3 is 2.29 bits per heavy atom. The highest BCUT2D eigenvalue weighted by atomic mass is 16.6. The molecule has 1 aliphatic rings. The molecule has 21 heavy (non-hydrogen) atoms. The normalized spacial score (nSPS) is 32.3. The Labute approximate surface area is 120 Å². The molecule has 4 N–H and O–H groups in total. The van der Waals surface area contributed by atoms with Crippen molar-refractivity contribution < 1.29 is 44.2 Å². The maximum absolute atomic E-state index is 11.4. The van der Waals surface area contributed by atoms with Crippen LogP contribution in [-0.4, -0.2) is 69.7 Å². The minimum Gasteiger partial charge on any atom is -0.463 e. The van der Waals surface area contributed by atoms with Gasteiger partial charge in [-0.2, -0.15) is 0 Å². The van der Waals surface area contributed by atoms with Crippen LogP contribution in [0.1, 0.15) is 12.8 Å².